The number of hydrogen-bond acceptors (Lipinski definition) is 3. The predicted octanol–water partition coefficient (Wildman–Crippen LogP) is 2.35. The van der Waals surface area contributed by atoms with Crippen LogP contribution in [-0.4, -0.2) is 35.5 Å². The van der Waals surface area contributed by atoms with Gasteiger partial charge in [-0.05, 0) is 25.9 Å². The van der Waals surface area contributed by atoms with Gasteiger partial charge in [0.15, 0.2) is 0 Å². The summed E-state index contributed by atoms with van der Waals surface area (Å²) in [7, 11) is 0. The lowest BCUT2D eigenvalue weighted by Gasteiger charge is -2.26. The fraction of sp³-hybridized carbons (Fsp3) is 0.462. The van der Waals surface area contributed by atoms with E-state index < -0.39 is 0 Å². The molecule has 0 bridgehead atoms. The van der Waals surface area contributed by atoms with Crippen LogP contribution in [0.25, 0.3) is 0 Å². The van der Waals surface area contributed by atoms with E-state index in [1.807, 2.05) is 30.3 Å². The maximum atomic E-state index is 9.07. The van der Waals surface area contributed by atoms with Gasteiger partial charge in [0.1, 0.15) is 5.71 Å². The molecule has 16 heavy (non-hydrogen) atoms. The van der Waals surface area contributed by atoms with Crippen LogP contribution in [0.5, 0.6) is 0 Å². The first-order valence-electron chi connectivity index (χ1n) is 5.89. The first-order chi connectivity index (χ1) is 7.90. The van der Waals surface area contributed by atoms with Crippen LogP contribution in [0.4, 0.5) is 0 Å². The number of likely N-dealkylation sites (tertiary alicyclic amines) is 1. The first kappa shape index (κ1) is 11.1. The summed E-state index contributed by atoms with van der Waals surface area (Å²) in [4.78, 5) is 2.35. The summed E-state index contributed by atoms with van der Waals surface area (Å²) < 4.78 is 0. The fourth-order valence-corrected chi connectivity index (χ4v) is 2.14. The minimum Gasteiger partial charge on any atom is -0.411 e. The normalized spacial score (nSPS) is 18.6. The topological polar surface area (TPSA) is 35.8 Å². The molecular weight excluding hydrogens is 200 g/mol. The maximum Gasteiger partial charge on any atom is 0.101 e. The highest BCUT2D eigenvalue weighted by molar-refractivity contribution is 6.01. The standard InChI is InChI=1S/C13H18N2O/c16-14-13(12-7-3-1-4-8-12)11-15-9-5-2-6-10-15/h1,3-4,7-8,16H,2,5-6,9-11H2. The predicted molar refractivity (Wildman–Crippen MR) is 65.1 cm³/mol. The SMILES string of the molecule is ON=C(CN1CCCCC1)c1ccccc1. The third-order valence-corrected chi connectivity index (χ3v) is 3.05. The van der Waals surface area contributed by atoms with Gasteiger partial charge in [-0.1, -0.05) is 41.9 Å². The molecule has 0 aromatic heterocycles. The van der Waals surface area contributed by atoms with Gasteiger partial charge in [0.2, 0.25) is 0 Å². The highest BCUT2D eigenvalue weighted by Gasteiger charge is 2.13. The highest BCUT2D eigenvalue weighted by atomic mass is 16.4. The molecule has 2 rings (SSSR count). The maximum absolute atomic E-state index is 9.07. The molecular formula is C13H18N2O. The Kier molecular flexibility index (Phi) is 3.94. The molecule has 1 saturated heterocycles. The van der Waals surface area contributed by atoms with Gasteiger partial charge in [0.05, 0.1) is 0 Å². The summed E-state index contributed by atoms with van der Waals surface area (Å²) in [5.41, 5.74) is 1.78. The zero-order valence-corrected chi connectivity index (χ0v) is 9.47. The molecule has 3 heteroatoms. The monoisotopic (exact) mass is 218 g/mol. The van der Waals surface area contributed by atoms with Crippen molar-refractivity contribution in [1.29, 1.82) is 0 Å². The Bertz CT molecular complexity index is 342. The van der Waals surface area contributed by atoms with Crippen molar-refractivity contribution >= 4 is 5.71 Å². The van der Waals surface area contributed by atoms with Crippen molar-refractivity contribution in [2.75, 3.05) is 19.6 Å². The number of hydrogen-bond donors (Lipinski definition) is 1. The van der Waals surface area contributed by atoms with Gasteiger partial charge in [-0.3, -0.25) is 4.90 Å². The molecule has 3 nitrogen and oxygen atoms in total. The summed E-state index contributed by atoms with van der Waals surface area (Å²) in [5, 5.41) is 12.5. The van der Waals surface area contributed by atoms with E-state index in [4.69, 9.17) is 5.21 Å². The van der Waals surface area contributed by atoms with Crippen molar-refractivity contribution in [3.8, 4) is 0 Å². The molecule has 1 N–H and O–H groups in total. The fourth-order valence-electron chi connectivity index (χ4n) is 2.14. The molecule has 1 aliphatic rings. The molecule has 0 unspecified atom stereocenters. The van der Waals surface area contributed by atoms with Gasteiger partial charge < -0.3 is 5.21 Å². The Balaban J connectivity index is 2.01. The van der Waals surface area contributed by atoms with Gasteiger partial charge in [-0.2, -0.15) is 0 Å². The molecule has 1 aliphatic heterocycles. The van der Waals surface area contributed by atoms with E-state index in [1.54, 1.807) is 0 Å². The molecule has 0 radical (unpaired) electrons. The smallest absolute Gasteiger partial charge is 0.101 e. The molecule has 1 aromatic rings. The Morgan fingerprint density at radius 1 is 1.12 bits per heavy atom. The van der Waals surface area contributed by atoms with Gasteiger partial charge >= 0.3 is 0 Å². The van der Waals surface area contributed by atoms with Crippen molar-refractivity contribution in [2.45, 2.75) is 19.3 Å². The average Bonchev–Trinajstić information content (AvgIpc) is 2.38. The Morgan fingerprint density at radius 2 is 1.81 bits per heavy atom. The second-order valence-corrected chi connectivity index (χ2v) is 4.25. The van der Waals surface area contributed by atoms with Crippen LogP contribution in [0.1, 0.15) is 24.8 Å². The lowest BCUT2D eigenvalue weighted by Crippen LogP contribution is -2.34. The van der Waals surface area contributed by atoms with E-state index in [2.05, 4.69) is 10.1 Å². The number of rotatable bonds is 3. The number of nitrogens with zero attached hydrogens (tertiary/aromatic N) is 2. The zero-order chi connectivity index (χ0) is 11.2. The number of piperidine rings is 1. The molecule has 1 fully saturated rings. The van der Waals surface area contributed by atoms with E-state index in [0.29, 0.717) is 0 Å². The van der Waals surface area contributed by atoms with E-state index in [-0.39, 0.29) is 0 Å². The molecule has 0 aliphatic carbocycles. The summed E-state index contributed by atoms with van der Waals surface area (Å²) >= 11 is 0. The molecule has 0 saturated carbocycles. The summed E-state index contributed by atoms with van der Waals surface area (Å²) in [6, 6.07) is 9.88. The van der Waals surface area contributed by atoms with Crippen LogP contribution in [0.3, 0.4) is 0 Å². The minimum absolute atomic E-state index is 0.751. The van der Waals surface area contributed by atoms with Gasteiger partial charge in [-0.15, -0.1) is 0 Å². The molecule has 0 amide bonds. The highest BCUT2D eigenvalue weighted by Crippen LogP contribution is 2.10. The summed E-state index contributed by atoms with van der Waals surface area (Å²) in [6.45, 7) is 2.98. The third kappa shape index (κ3) is 2.83. The summed E-state index contributed by atoms with van der Waals surface area (Å²) in [6.07, 6.45) is 3.84. The lowest BCUT2D eigenvalue weighted by molar-refractivity contribution is 0.253. The van der Waals surface area contributed by atoms with E-state index in [1.165, 1.54) is 19.3 Å². The molecule has 0 atom stereocenters. The van der Waals surface area contributed by atoms with Crippen LogP contribution >= 0.6 is 0 Å². The largest absolute Gasteiger partial charge is 0.411 e. The Hall–Kier alpha value is -1.35. The lowest BCUT2D eigenvalue weighted by atomic mass is 10.1. The number of oxime groups is 1. The van der Waals surface area contributed by atoms with Crippen molar-refractivity contribution in [1.82, 2.24) is 4.90 Å². The second kappa shape index (κ2) is 5.66. The van der Waals surface area contributed by atoms with Crippen LogP contribution in [0.2, 0.25) is 0 Å². The van der Waals surface area contributed by atoms with Crippen LogP contribution in [0.15, 0.2) is 35.5 Å². The number of benzene rings is 1. The molecule has 1 aromatic carbocycles. The van der Waals surface area contributed by atoms with E-state index in [9.17, 15) is 0 Å². The van der Waals surface area contributed by atoms with Gasteiger partial charge in [0.25, 0.3) is 0 Å². The van der Waals surface area contributed by atoms with Crippen LogP contribution in [0, 0.1) is 0 Å². The van der Waals surface area contributed by atoms with Crippen molar-refractivity contribution in [3.63, 3.8) is 0 Å². The van der Waals surface area contributed by atoms with Crippen LogP contribution < -0.4 is 0 Å². The summed E-state index contributed by atoms with van der Waals surface area (Å²) in [5.74, 6) is 0. The van der Waals surface area contributed by atoms with Crippen molar-refractivity contribution < 1.29 is 5.21 Å². The van der Waals surface area contributed by atoms with Crippen LogP contribution in [-0.2, 0) is 0 Å². The average molecular weight is 218 g/mol. The van der Waals surface area contributed by atoms with Crippen molar-refractivity contribution in [3.05, 3.63) is 35.9 Å². The van der Waals surface area contributed by atoms with Crippen molar-refractivity contribution in [2.24, 2.45) is 5.16 Å². The first-order valence-corrected chi connectivity index (χ1v) is 5.89. The molecule has 1 heterocycles. The van der Waals surface area contributed by atoms with Gasteiger partial charge in [-0.25, -0.2) is 0 Å². The third-order valence-electron chi connectivity index (χ3n) is 3.05. The molecule has 0 spiro atoms. The van der Waals surface area contributed by atoms with Gasteiger partial charge in [0, 0.05) is 12.1 Å². The minimum atomic E-state index is 0.751. The van der Waals surface area contributed by atoms with E-state index in [0.717, 1.165) is 30.9 Å². The molecule has 86 valence electrons. The quantitative estimate of drug-likeness (QED) is 0.480. The second-order valence-electron chi connectivity index (χ2n) is 4.25. The Morgan fingerprint density at radius 3 is 2.44 bits per heavy atom. The zero-order valence-electron chi connectivity index (χ0n) is 9.47. The van der Waals surface area contributed by atoms with E-state index >= 15 is 0 Å². The Labute approximate surface area is 96.4 Å².